The summed E-state index contributed by atoms with van der Waals surface area (Å²) in [7, 11) is -3.90. The Balaban J connectivity index is 2.01. The molecule has 28 heavy (non-hydrogen) atoms. The highest BCUT2D eigenvalue weighted by Crippen LogP contribution is 2.32. The number of primary sulfonamides is 1. The van der Waals surface area contributed by atoms with E-state index in [1.54, 1.807) is 37.3 Å². The quantitative estimate of drug-likeness (QED) is 0.623. The summed E-state index contributed by atoms with van der Waals surface area (Å²) in [5.74, 6) is -0.112. The Kier molecular flexibility index (Phi) is 5.28. The standard InChI is InChI=1S/C22H24N2O3S/c1-15-9-7-8-12-19(15)21(25)20-16(2)13-18(24-20)14-22(3,28(23,26)27)17-10-5-4-6-11-17/h4-13,24H,14H2,1-3H3,(H2,23,26,27). The molecular weight excluding hydrogens is 372 g/mol. The van der Waals surface area contributed by atoms with Gasteiger partial charge in [0.2, 0.25) is 15.8 Å². The minimum absolute atomic E-state index is 0.112. The van der Waals surface area contributed by atoms with Crippen LogP contribution in [0.15, 0.2) is 60.7 Å². The smallest absolute Gasteiger partial charge is 0.219 e. The number of hydrogen-bond donors (Lipinski definition) is 2. The van der Waals surface area contributed by atoms with Gasteiger partial charge in [-0.3, -0.25) is 4.79 Å². The van der Waals surface area contributed by atoms with Gasteiger partial charge >= 0.3 is 0 Å². The SMILES string of the molecule is Cc1ccccc1C(=O)c1[nH]c(CC(C)(c2ccccc2)S(N)(=O)=O)cc1C. The van der Waals surface area contributed by atoms with Gasteiger partial charge < -0.3 is 4.98 Å². The highest BCUT2D eigenvalue weighted by molar-refractivity contribution is 7.90. The topological polar surface area (TPSA) is 93.0 Å². The van der Waals surface area contributed by atoms with Crippen LogP contribution in [0.4, 0.5) is 0 Å². The molecule has 1 aromatic heterocycles. The van der Waals surface area contributed by atoms with Crippen LogP contribution in [0.1, 0.15) is 45.4 Å². The number of benzene rings is 2. The van der Waals surface area contributed by atoms with Gasteiger partial charge in [0.15, 0.2) is 0 Å². The lowest BCUT2D eigenvalue weighted by atomic mass is 9.95. The number of nitrogens with two attached hydrogens (primary N) is 1. The van der Waals surface area contributed by atoms with E-state index in [-0.39, 0.29) is 12.2 Å². The summed E-state index contributed by atoms with van der Waals surface area (Å²) in [5, 5.41) is 5.60. The maximum Gasteiger partial charge on any atom is 0.219 e. The molecule has 0 saturated carbocycles. The lowest BCUT2D eigenvalue weighted by molar-refractivity contribution is 0.103. The molecule has 0 radical (unpaired) electrons. The third-order valence-electron chi connectivity index (χ3n) is 5.23. The predicted octanol–water partition coefficient (Wildman–Crippen LogP) is 3.61. The molecule has 0 amide bonds. The fraction of sp³-hybridized carbons (Fsp3) is 0.227. The molecule has 1 atom stereocenters. The molecule has 0 fully saturated rings. The van der Waals surface area contributed by atoms with Gasteiger partial charge in [-0.1, -0.05) is 54.6 Å². The van der Waals surface area contributed by atoms with E-state index in [1.807, 2.05) is 44.2 Å². The maximum absolute atomic E-state index is 13.0. The average Bonchev–Trinajstić information content (AvgIpc) is 3.01. The first-order valence-electron chi connectivity index (χ1n) is 9.00. The molecule has 0 bridgehead atoms. The summed E-state index contributed by atoms with van der Waals surface area (Å²) < 4.78 is 23.6. The zero-order valence-electron chi connectivity index (χ0n) is 16.2. The monoisotopic (exact) mass is 396 g/mol. The van der Waals surface area contributed by atoms with Crippen molar-refractivity contribution in [2.45, 2.75) is 31.9 Å². The number of H-pyrrole nitrogens is 1. The van der Waals surface area contributed by atoms with Crippen LogP contribution in [0.3, 0.4) is 0 Å². The second-order valence-corrected chi connectivity index (χ2v) is 9.31. The molecule has 0 spiro atoms. The largest absolute Gasteiger partial charge is 0.355 e. The lowest BCUT2D eigenvalue weighted by Gasteiger charge is -2.27. The Labute approximate surface area is 165 Å². The van der Waals surface area contributed by atoms with Crippen molar-refractivity contribution in [3.63, 3.8) is 0 Å². The van der Waals surface area contributed by atoms with Crippen LogP contribution in [0.5, 0.6) is 0 Å². The third kappa shape index (κ3) is 3.66. The van der Waals surface area contributed by atoms with Gasteiger partial charge in [-0.05, 0) is 43.5 Å². The Morgan fingerprint density at radius 1 is 1.00 bits per heavy atom. The normalized spacial score (nSPS) is 13.9. The van der Waals surface area contributed by atoms with Crippen molar-refractivity contribution in [2.75, 3.05) is 0 Å². The number of aryl methyl sites for hydroxylation is 2. The van der Waals surface area contributed by atoms with Crippen LogP contribution < -0.4 is 5.14 Å². The molecule has 0 aliphatic carbocycles. The van der Waals surface area contributed by atoms with Crippen molar-refractivity contribution in [3.05, 3.63) is 94.3 Å². The molecule has 0 aliphatic rings. The number of nitrogens with one attached hydrogen (secondary N) is 1. The number of hydrogen-bond acceptors (Lipinski definition) is 3. The molecule has 146 valence electrons. The van der Waals surface area contributed by atoms with E-state index >= 15 is 0 Å². The third-order valence-corrected chi connectivity index (χ3v) is 6.86. The first kappa shape index (κ1) is 20.0. The number of carbonyl (C=O) groups excluding carboxylic acids is 1. The van der Waals surface area contributed by atoms with Crippen molar-refractivity contribution in [3.8, 4) is 0 Å². The molecule has 3 aromatic rings. The minimum atomic E-state index is -3.90. The number of carbonyl (C=O) groups is 1. The van der Waals surface area contributed by atoms with Crippen molar-refractivity contribution in [1.29, 1.82) is 0 Å². The molecule has 5 nitrogen and oxygen atoms in total. The van der Waals surface area contributed by atoms with E-state index in [2.05, 4.69) is 4.98 Å². The lowest BCUT2D eigenvalue weighted by Crippen LogP contribution is -2.40. The van der Waals surface area contributed by atoms with Gasteiger partial charge in [-0.25, -0.2) is 13.6 Å². The van der Waals surface area contributed by atoms with E-state index < -0.39 is 14.8 Å². The first-order valence-corrected chi connectivity index (χ1v) is 10.5. The van der Waals surface area contributed by atoms with Crippen molar-refractivity contribution in [1.82, 2.24) is 4.98 Å². The summed E-state index contributed by atoms with van der Waals surface area (Å²) in [4.78, 5) is 16.1. The van der Waals surface area contributed by atoms with Crippen LogP contribution >= 0.6 is 0 Å². The molecule has 6 heteroatoms. The van der Waals surface area contributed by atoms with E-state index in [9.17, 15) is 13.2 Å². The minimum Gasteiger partial charge on any atom is -0.355 e. The van der Waals surface area contributed by atoms with Crippen LogP contribution in [0, 0.1) is 13.8 Å². The Morgan fingerprint density at radius 2 is 1.61 bits per heavy atom. The summed E-state index contributed by atoms with van der Waals surface area (Å²) in [6.45, 7) is 5.33. The molecule has 3 N–H and O–H groups in total. The summed E-state index contributed by atoms with van der Waals surface area (Å²) in [6, 6.07) is 18.1. The number of ketones is 1. The second kappa shape index (κ2) is 7.37. The van der Waals surface area contributed by atoms with Gasteiger partial charge in [-0.15, -0.1) is 0 Å². The highest BCUT2D eigenvalue weighted by Gasteiger charge is 2.39. The zero-order chi connectivity index (χ0) is 20.5. The van der Waals surface area contributed by atoms with Gasteiger partial charge in [0.25, 0.3) is 0 Å². The van der Waals surface area contributed by atoms with Gasteiger partial charge in [-0.2, -0.15) is 0 Å². The first-order chi connectivity index (χ1) is 13.1. The fourth-order valence-electron chi connectivity index (χ4n) is 3.44. The highest BCUT2D eigenvalue weighted by atomic mass is 32.2. The zero-order valence-corrected chi connectivity index (χ0v) is 17.0. The second-order valence-electron chi connectivity index (χ2n) is 7.32. The van der Waals surface area contributed by atoms with Crippen LogP contribution in [-0.4, -0.2) is 19.2 Å². The number of aromatic amines is 1. The predicted molar refractivity (Wildman–Crippen MR) is 111 cm³/mol. The van der Waals surface area contributed by atoms with Crippen LogP contribution in [0.25, 0.3) is 0 Å². The van der Waals surface area contributed by atoms with Gasteiger partial charge in [0.05, 0.1) is 5.69 Å². The molecule has 1 unspecified atom stereocenters. The molecule has 3 rings (SSSR count). The molecule has 0 saturated heterocycles. The average molecular weight is 397 g/mol. The van der Waals surface area contributed by atoms with E-state index in [1.165, 1.54) is 0 Å². The Morgan fingerprint density at radius 3 is 2.21 bits per heavy atom. The van der Waals surface area contributed by atoms with E-state index in [0.29, 0.717) is 22.5 Å². The number of rotatable bonds is 6. The Bertz CT molecular complexity index is 1120. The molecular formula is C22H24N2O3S. The van der Waals surface area contributed by atoms with E-state index in [0.717, 1.165) is 11.1 Å². The van der Waals surface area contributed by atoms with Crippen molar-refractivity contribution < 1.29 is 13.2 Å². The van der Waals surface area contributed by atoms with Crippen LogP contribution in [0.2, 0.25) is 0 Å². The number of aromatic nitrogens is 1. The van der Waals surface area contributed by atoms with Crippen molar-refractivity contribution >= 4 is 15.8 Å². The van der Waals surface area contributed by atoms with Gasteiger partial charge in [0.1, 0.15) is 4.75 Å². The fourth-order valence-corrected chi connectivity index (χ4v) is 4.26. The summed E-state index contributed by atoms with van der Waals surface area (Å²) in [5.41, 5.74) is 4.01. The maximum atomic E-state index is 13.0. The Hall–Kier alpha value is -2.70. The van der Waals surface area contributed by atoms with E-state index in [4.69, 9.17) is 5.14 Å². The van der Waals surface area contributed by atoms with Crippen molar-refractivity contribution in [2.24, 2.45) is 5.14 Å². The number of sulfonamides is 1. The molecule has 2 aromatic carbocycles. The molecule has 1 heterocycles. The van der Waals surface area contributed by atoms with Gasteiger partial charge in [0, 0.05) is 17.7 Å². The summed E-state index contributed by atoms with van der Waals surface area (Å²) in [6.07, 6.45) is 0.137. The molecule has 0 aliphatic heterocycles. The summed E-state index contributed by atoms with van der Waals surface area (Å²) >= 11 is 0. The van der Waals surface area contributed by atoms with Crippen LogP contribution in [-0.2, 0) is 21.2 Å².